The fraction of sp³-hybridized carbons (Fsp3) is 0.222. The molecule has 0 heterocycles. The van der Waals surface area contributed by atoms with Crippen LogP contribution in [0.4, 0.5) is 11.4 Å². The molecule has 0 aliphatic rings. The van der Waals surface area contributed by atoms with Crippen LogP contribution in [0.2, 0.25) is 0 Å². The van der Waals surface area contributed by atoms with Crippen molar-refractivity contribution < 1.29 is 14.3 Å². The topological polar surface area (TPSA) is 67.4 Å². The second-order valence-electron chi connectivity index (χ2n) is 5.19. The van der Waals surface area contributed by atoms with Crippen LogP contribution in [0.1, 0.15) is 20.3 Å². The molecule has 2 rings (SSSR count). The molecule has 2 N–H and O–H groups in total. The van der Waals surface area contributed by atoms with E-state index in [1.54, 1.807) is 50.2 Å². The number of nitrogens with one attached hydrogen (secondary N) is 2. The van der Waals surface area contributed by atoms with E-state index in [0.717, 1.165) is 4.47 Å². The fourth-order valence-corrected chi connectivity index (χ4v) is 2.20. The Kier molecular flexibility index (Phi) is 6.37. The Morgan fingerprint density at radius 1 is 1.08 bits per heavy atom. The molecule has 6 heteroatoms. The Balaban J connectivity index is 1.96. The van der Waals surface area contributed by atoms with Gasteiger partial charge in [0.15, 0.2) is 6.10 Å². The molecule has 2 amide bonds. The molecular weight excluding hydrogens is 372 g/mol. The van der Waals surface area contributed by atoms with Gasteiger partial charge >= 0.3 is 0 Å². The van der Waals surface area contributed by atoms with Crippen LogP contribution in [0.5, 0.6) is 5.75 Å². The number of carbonyl (C=O) groups is 2. The maximum atomic E-state index is 12.2. The van der Waals surface area contributed by atoms with Gasteiger partial charge in [-0.15, -0.1) is 0 Å². The largest absolute Gasteiger partial charge is 0.481 e. The zero-order valence-corrected chi connectivity index (χ0v) is 15.1. The zero-order valence-electron chi connectivity index (χ0n) is 13.5. The van der Waals surface area contributed by atoms with Crippen molar-refractivity contribution in [3.8, 4) is 5.75 Å². The van der Waals surface area contributed by atoms with E-state index in [2.05, 4.69) is 26.6 Å². The van der Waals surface area contributed by atoms with Crippen molar-refractivity contribution in [1.29, 1.82) is 0 Å². The summed E-state index contributed by atoms with van der Waals surface area (Å²) in [7, 11) is 0. The number of hydrogen-bond acceptors (Lipinski definition) is 3. The van der Waals surface area contributed by atoms with E-state index in [4.69, 9.17) is 4.74 Å². The van der Waals surface area contributed by atoms with Crippen LogP contribution in [0.3, 0.4) is 0 Å². The summed E-state index contributed by atoms with van der Waals surface area (Å²) in [5.74, 6) is 0.270. The summed E-state index contributed by atoms with van der Waals surface area (Å²) in [6.45, 7) is 3.46. The Morgan fingerprint density at radius 2 is 1.71 bits per heavy atom. The van der Waals surface area contributed by atoms with Gasteiger partial charge in [0.25, 0.3) is 5.91 Å². The molecule has 0 saturated heterocycles. The van der Waals surface area contributed by atoms with E-state index in [-0.39, 0.29) is 11.8 Å². The number of halogens is 1. The number of carbonyl (C=O) groups excluding carboxylic acids is 2. The van der Waals surface area contributed by atoms with Gasteiger partial charge in [0, 0.05) is 22.3 Å². The molecule has 0 fully saturated rings. The predicted octanol–water partition coefficient (Wildman–Crippen LogP) is 4.20. The van der Waals surface area contributed by atoms with E-state index < -0.39 is 6.10 Å². The van der Waals surface area contributed by atoms with Crippen molar-refractivity contribution in [1.82, 2.24) is 0 Å². The van der Waals surface area contributed by atoms with E-state index >= 15 is 0 Å². The Labute approximate surface area is 149 Å². The summed E-state index contributed by atoms with van der Waals surface area (Å²) in [4.78, 5) is 23.7. The van der Waals surface area contributed by atoms with E-state index in [1.165, 1.54) is 0 Å². The lowest BCUT2D eigenvalue weighted by atomic mass is 10.2. The summed E-state index contributed by atoms with van der Waals surface area (Å²) in [6, 6.07) is 14.3. The maximum absolute atomic E-state index is 12.2. The van der Waals surface area contributed by atoms with Crippen molar-refractivity contribution in [2.45, 2.75) is 26.4 Å². The fourth-order valence-electron chi connectivity index (χ4n) is 1.94. The first-order valence-electron chi connectivity index (χ1n) is 7.61. The summed E-state index contributed by atoms with van der Waals surface area (Å²) in [5.41, 5.74) is 1.24. The summed E-state index contributed by atoms with van der Waals surface area (Å²) in [5, 5.41) is 5.53. The summed E-state index contributed by atoms with van der Waals surface area (Å²) >= 11 is 3.35. The Morgan fingerprint density at radius 3 is 2.33 bits per heavy atom. The molecule has 126 valence electrons. The van der Waals surface area contributed by atoms with Crippen LogP contribution >= 0.6 is 15.9 Å². The van der Waals surface area contributed by atoms with Crippen molar-refractivity contribution in [2.24, 2.45) is 0 Å². The minimum absolute atomic E-state index is 0.0783. The monoisotopic (exact) mass is 390 g/mol. The first-order chi connectivity index (χ1) is 11.5. The number of amides is 2. The molecular formula is C18H19BrN2O3. The van der Waals surface area contributed by atoms with Crippen LogP contribution in [-0.4, -0.2) is 17.9 Å². The highest BCUT2D eigenvalue weighted by atomic mass is 79.9. The molecule has 2 aromatic carbocycles. The molecule has 1 atom stereocenters. The quantitative estimate of drug-likeness (QED) is 0.776. The molecule has 5 nitrogen and oxygen atoms in total. The van der Waals surface area contributed by atoms with Crippen LogP contribution in [0, 0.1) is 0 Å². The minimum atomic E-state index is -0.653. The first kappa shape index (κ1) is 18.0. The third-order valence-corrected chi connectivity index (χ3v) is 3.76. The molecule has 0 aromatic heterocycles. The second-order valence-corrected chi connectivity index (χ2v) is 6.10. The van der Waals surface area contributed by atoms with E-state index in [9.17, 15) is 9.59 Å². The number of rotatable bonds is 6. The lowest BCUT2D eigenvalue weighted by molar-refractivity contribution is -0.122. The highest BCUT2D eigenvalue weighted by molar-refractivity contribution is 9.10. The van der Waals surface area contributed by atoms with Crippen molar-refractivity contribution >= 4 is 39.1 Å². The lowest BCUT2D eigenvalue weighted by Gasteiger charge is -2.15. The SMILES string of the molecule is CCC(=O)Nc1cccc(NC(=O)C(C)Oc2ccc(Br)cc2)c1. The predicted molar refractivity (Wildman–Crippen MR) is 98.2 cm³/mol. The number of benzene rings is 2. The van der Waals surface area contributed by atoms with E-state index in [1.807, 2.05) is 12.1 Å². The highest BCUT2D eigenvalue weighted by Gasteiger charge is 2.15. The van der Waals surface area contributed by atoms with Gasteiger partial charge in [-0.2, -0.15) is 0 Å². The summed E-state index contributed by atoms with van der Waals surface area (Å²) < 4.78 is 6.56. The number of ether oxygens (including phenoxy) is 1. The van der Waals surface area contributed by atoms with Gasteiger partial charge in [-0.1, -0.05) is 28.9 Å². The smallest absolute Gasteiger partial charge is 0.265 e. The number of hydrogen-bond donors (Lipinski definition) is 2. The van der Waals surface area contributed by atoms with Gasteiger partial charge in [0.2, 0.25) is 5.91 Å². The summed E-state index contributed by atoms with van der Waals surface area (Å²) in [6.07, 6.45) is -0.255. The molecule has 1 unspecified atom stereocenters. The molecule has 0 saturated carbocycles. The van der Waals surface area contributed by atoms with Gasteiger partial charge in [-0.05, 0) is 49.4 Å². The third-order valence-electron chi connectivity index (χ3n) is 3.23. The Bertz CT molecular complexity index is 716. The zero-order chi connectivity index (χ0) is 17.5. The lowest BCUT2D eigenvalue weighted by Crippen LogP contribution is -2.30. The molecule has 0 aliphatic carbocycles. The molecule has 2 aromatic rings. The maximum Gasteiger partial charge on any atom is 0.265 e. The normalized spacial score (nSPS) is 11.5. The Hall–Kier alpha value is -2.34. The van der Waals surface area contributed by atoms with Crippen molar-refractivity contribution in [3.05, 3.63) is 53.0 Å². The van der Waals surface area contributed by atoms with Crippen molar-refractivity contribution in [2.75, 3.05) is 10.6 Å². The third kappa shape index (κ3) is 5.38. The van der Waals surface area contributed by atoms with Gasteiger partial charge in [-0.25, -0.2) is 0 Å². The first-order valence-corrected chi connectivity index (χ1v) is 8.40. The van der Waals surface area contributed by atoms with Crippen LogP contribution in [0.25, 0.3) is 0 Å². The molecule has 0 spiro atoms. The molecule has 0 bridgehead atoms. The van der Waals surface area contributed by atoms with Gasteiger partial charge in [-0.3, -0.25) is 9.59 Å². The highest BCUT2D eigenvalue weighted by Crippen LogP contribution is 2.19. The van der Waals surface area contributed by atoms with Crippen molar-refractivity contribution in [3.63, 3.8) is 0 Å². The van der Waals surface area contributed by atoms with Crippen LogP contribution < -0.4 is 15.4 Å². The van der Waals surface area contributed by atoms with Crippen LogP contribution in [-0.2, 0) is 9.59 Å². The van der Waals surface area contributed by atoms with E-state index in [0.29, 0.717) is 23.5 Å². The average Bonchev–Trinajstić information content (AvgIpc) is 2.57. The van der Waals surface area contributed by atoms with Crippen LogP contribution in [0.15, 0.2) is 53.0 Å². The van der Waals surface area contributed by atoms with Gasteiger partial charge in [0.1, 0.15) is 5.75 Å². The van der Waals surface area contributed by atoms with Gasteiger partial charge in [0.05, 0.1) is 0 Å². The minimum Gasteiger partial charge on any atom is -0.481 e. The molecule has 24 heavy (non-hydrogen) atoms. The second kappa shape index (κ2) is 8.49. The average molecular weight is 391 g/mol. The standard InChI is InChI=1S/C18H19BrN2O3/c1-3-17(22)20-14-5-4-6-15(11-14)21-18(23)12(2)24-16-9-7-13(19)8-10-16/h4-12H,3H2,1-2H3,(H,20,22)(H,21,23). The van der Waals surface area contributed by atoms with Gasteiger partial charge < -0.3 is 15.4 Å². The molecule has 0 radical (unpaired) electrons. The molecule has 0 aliphatic heterocycles. The number of anilines is 2.